The van der Waals surface area contributed by atoms with Gasteiger partial charge in [0.05, 0.1) is 17.0 Å². The van der Waals surface area contributed by atoms with E-state index in [9.17, 15) is 36.2 Å². The maximum Gasteiger partial charge on any atom is 0.416 e. The molecule has 1 N–H and O–H groups in total. The Hall–Kier alpha value is -3.41. The first-order valence-corrected chi connectivity index (χ1v) is 15.9. The fourth-order valence-electron chi connectivity index (χ4n) is 6.87. The maximum atomic E-state index is 13.7. The maximum absolute atomic E-state index is 13.7. The number of rotatable bonds is 10. The molecule has 13 heteroatoms. The lowest BCUT2D eigenvalue weighted by molar-refractivity contribution is -0.144. The molecule has 0 atom stereocenters. The third-order valence-electron chi connectivity index (χ3n) is 9.35. The van der Waals surface area contributed by atoms with Crippen LogP contribution < -0.4 is 9.80 Å². The molecule has 0 saturated heterocycles. The summed E-state index contributed by atoms with van der Waals surface area (Å²) < 4.78 is 83.8. The summed E-state index contributed by atoms with van der Waals surface area (Å²) in [4.78, 5) is 15.5. The normalized spacial score (nSPS) is 18.3. The van der Waals surface area contributed by atoms with Gasteiger partial charge in [0, 0.05) is 51.2 Å². The van der Waals surface area contributed by atoms with Crippen molar-refractivity contribution >= 4 is 29.9 Å². The van der Waals surface area contributed by atoms with Crippen LogP contribution in [0.3, 0.4) is 0 Å². The summed E-state index contributed by atoms with van der Waals surface area (Å²) in [7, 11) is 1.70. The van der Waals surface area contributed by atoms with Gasteiger partial charge >= 0.3 is 18.3 Å². The number of fused-ring (bicyclic) bond motifs is 1. The molecule has 47 heavy (non-hydrogen) atoms. The number of carbonyl (C=O) groups is 1. The van der Waals surface area contributed by atoms with Gasteiger partial charge in [-0.05, 0) is 111 Å². The highest BCUT2D eigenvalue weighted by atomic mass is 35.5. The van der Waals surface area contributed by atoms with Crippen molar-refractivity contribution in [3.05, 3.63) is 76.0 Å². The van der Waals surface area contributed by atoms with Crippen LogP contribution in [-0.2, 0) is 50.1 Å². The fourth-order valence-corrected chi connectivity index (χ4v) is 6.87. The molecule has 6 nitrogen and oxygen atoms in total. The summed E-state index contributed by atoms with van der Waals surface area (Å²) in [5.41, 5.74) is 1.58. The van der Waals surface area contributed by atoms with Crippen LogP contribution in [0, 0.1) is 11.8 Å². The molecular formula is C34H41ClF6N4O2. The number of benzene rings is 2. The molecular weight excluding hydrogens is 646 g/mol. The van der Waals surface area contributed by atoms with E-state index < -0.39 is 29.4 Å². The molecule has 2 aliphatic rings. The number of carboxylic acids is 1. The number of hydrogen-bond donors (Lipinski definition) is 1. The van der Waals surface area contributed by atoms with Crippen LogP contribution in [0.5, 0.6) is 0 Å². The summed E-state index contributed by atoms with van der Waals surface area (Å²) in [6.45, 7) is 3.49. The second kappa shape index (κ2) is 14.8. The Morgan fingerprint density at radius 2 is 1.49 bits per heavy atom. The molecule has 258 valence electrons. The van der Waals surface area contributed by atoms with Crippen molar-refractivity contribution in [1.82, 2.24) is 9.78 Å². The Morgan fingerprint density at radius 3 is 2.00 bits per heavy atom. The van der Waals surface area contributed by atoms with Crippen LogP contribution in [0.15, 0.2) is 42.6 Å². The van der Waals surface area contributed by atoms with Crippen molar-refractivity contribution in [3.8, 4) is 0 Å². The number of aromatic nitrogens is 2. The van der Waals surface area contributed by atoms with Crippen LogP contribution in [0.1, 0.15) is 78.8 Å². The van der Waals surface area contributed by atoms with Crippen molar-refractivity contribution < 1.29 is 36.2 Å². The molecule has 1 saturated carbocycles. The van der Waals surface area contributed by atoms with E-state index in [0.29, 0.717) is 31.1 Å². The second-order valence-corrected chi connectivity index (χ2v) is 12.7. The summed E-state index contributed by atoms with van der Waals surface area (Å²) in [6, 6.07) is 7.78. The van der Waals surface area contributed by atoms with Crippen molar-refractivity contribution in [2.75, 3.05) is 22.9 Å². The first kappa shape index (κ1) is 36.4. The highest BCUT2D eigenvalue weighted by Gasteiger charge is 2.37. The van der Waals surface area contributed by atoms with Crippen LogP contribution >= 0.6 is 12.4 Å². The van der Waals surface area contributed by atoms with E-state index in [-0.39, 0.29) is 43.0 Å². The number of nitrogens with zero attached hydrogens (tertiary/aromatic N) is 4. The van der Waals surface area contributed by atoms with Gasteiger partial charge in [-0.2, -0.15) is 31.4 Å². The minimum Gasteiger partial charge on any atom is -0.481 e. The van der Waals surface area contributed by atoms with Crippen molar-refractivity contribution in [2.45, 2.75) is 83.7 Å². The monoisotopic (exact) mass is 686 g/mol. The molecule has 1 heterocycles. The van der Waals surface area contributed by atoms with E-state index in [4.69, 9.17) is 0 Å². The number of anilines is 2. The van der Waals surface area contributed by atoms with E-state index >= 15 is 0 Å². The average molecular weight is 687 g/mol. The SMILES string of the molecule is CCN(CC1CCC(C(=O)O)CC1)c1cc2c(cc1CN(Cc1cc(C(F)(F)F)cc(C(F)(F)F)c1)c1ccn(C)n1)CCCC2.Cl. The Bertz CT molecular complexity index is 1500. The molecule has 0 aliphatic heterocycles. The highest BCUT2D eigenvalue weighted by Crippen LogP contribution is 2.38. The first-order valence-electron chi connectivity index (χ1n) is 15.9. The Balaban J connectivity index is 0.00000500. The zero-order valence-corrected chi connectivity index (χ0v) is 27.3. The largest absolute Gasteiger partial charge is 0.481 e. The number of hydrogen-bond acceptors (Lipinski definition) is 4. The molecule has 3 aromatic rings. The molecule has 2 aliphatic carbocycles. The second-order valence-electron chi connectivity index (χ2n) is 12.7. The molecule has 1 fully saturated rings. The summed E-state index contributed by atoms with van der Waals surface area (Å²) in [5, 5.41) is 13.9. The van der Waals surface area contributed by atoms with Gasteiger partial charge in [-0.25, -0.2) is 0 Å². The standard InChI is InChI=1S/C34H40F6N4O2.ClH/c1-3-43(19-22-8-10-24(11-9-22)32(45)46)30-17-26-7-5-4-6-25(26)16-27(30)21-44(31-12-13-42(2)41-31)20-23-14-28(33(35,36)37)18-29(15-23)34(38,39)40;/h12-18,22,24H,3-11,19-21H2,1-2H3,(H,45,46);1H. The molecule has 0 radical (unpaired) electrons. The van der Waals surface area contributed by atoms with E-state index in [0.717, 1.165) is 68.5 Å². The summed E-state index contributed by atoms with van der Waals surface area (Å²) >= 11 is 0. The molecule has 0 unspecified atom stereocenters. The van der Waals surface area contributed by atoms with Gasteiger partial charge in [0.15, 0.2) is 5.82 Å². The predicted molar refractivity (Wildman–Crippen MR) is 171 cm³/mol. The zero-order valence-electron chi connectivity index (χ0n) is 26.5. The van der Waals surface area contributed by atoms with Gasteiger partial charge in [-0.1, -0.05) is 6.07 Å². The van der Waals surface area contributed by atoms with Crippen molar-refractivity contribution in [3.63, 3.8) is 0 Å². The lowest BCUT2D eigenvalue weighted by Gasteiger charge is -2.35. The van der Waals surface area contributed by atoms with Crippen LogP contribution in [0.25, 0.3) is 0 Å². The number of aliphatic carboxylic acids is 1. The molecule has 1 aromatic heterocycles. The third kappa shape index (κ3) is 8.94. The van der Waals surface area contributed by atoms with Crippen LogP contribution in [-0.4, -0.2) is 33.9 Å². The molecule has 0 spiro atoms. The van der Waals surface area contributed by atoms with Crippen LogP contribution in [0.4, 0.5) is 37.8 Å². The number of aryl methyl sites for hydroxylation is 3. The average Bonchev–Trinajstić information content (AvgIpc) is 3.44. The molecule has 2 aromatic carbocycles. The first-order chi connectivity index (χ1) is 21.7. The van der Waals surface area contributed by atoms with Gasteiger partial charge in [-0.15, -0.1) is 12.4 Å². The fraction of sp³-hybridized carbons (Fsp3) is 0.529. The number of carboxylic acid groups (broad SMARTS) is 1. The van der Waals surface area contributed by atoms with Gasteiger partial charge in [0.1, 0.15) is 0 Å². The topological polar surface area (TPSA) is 61.6 Å². The predicted octanol–water partition coefficient (Wildman–Crippen LogP) is 8.68. The van der Waals surface area contributed by atoms with E-state index in [1.807, 2.05) is 0 Å². The van der Waals surface area contributed by atoms with Gasteiger partial charge in [0.2, 0.25) is 0 Å². The van der Waals surface area contributed by atoms with Crippen molar-refractivity contribution in [2.24, 2.45) is 18.9 Å². The third-order valence-corrected chi connectivity index (χ3v) is 9.35. The summed E-state index contributed by atoms with van der Waals surface area (Å²) in [6.07, 6.45) is -1.33. The molecule has 5 rings (SSSR count). The molecule has 0 amide bonds. The molecule has 0 bridgehead atoms. The van der Waals surface area contributed by atoms with E-state index in [1.54, 1.807) is 28.9 Å². The number of halogens is 7. The Morgan fingerprint density at radius 1 is 0.894 bits per heavy atom. The van der Waals surface area contributed by atoms with Gasteiger partial charge in [0.25, 0.3) is 0 Å². The minimum absolute atomic E-state index is 0. The summed E-state index contributed by atoms with van der Waals surface area (Å²) in [5.74, 6) is -0.309. The number of alkyl halides is 6. The Labute approximate surface area is 277 Å². The minimum atomic E-state index is -4.94. The van der Waals surface area contributed by atoms with E-state index in [2.05, 4.69) is 29.1 Å². The van der Waals surface area contributed by atoms with Crippen LogP contribution in [0.2, 0.25) is 0 Å². The lowest BCUT2D eigenvalue weighted by atomic mass is 9.81. The Kier molecular flexibility index (Phi) is 11.5. The lowest BCUT2D eigenvalue weighted by Crippen LogP contribution is -2.34. The van der Waals surface area contributed by atoms with Gasteiger partial charge < -0.3 is 14.9 Å². The quantitative estimate of drug-likeness (QED) is 0.216. The zero-order chi connectivity index (χ0) is 33.2. The highest BCUT2D eigenvalue weighted by molar-refractivity contribution is 5.85. The smallest absolute Gasteiger partial charge is 0.416 e. The van der Waals surface area contributed by atoms with E-state index in [1.165, 1.54) is 11.1 Å². The van der Waals surface area contributed by atoms with Gasteiger partial charge in [-0.3, -0.25) is 9.48 Å². The van der Waals surface area contributed by atoms with Crippen molar-refractivity contribution in [1.29, 1.82) is 0 Å².